The minimum absolute atomic E-state index is 0. The second-order valence-corrected chi connectivity index (χ2v) is 12.3. The fraction of sp³-hybridized carbons (Fsp3) is 0.143. The van der Waals surface area contributed by atoms with Crippen molar-refractivity contribution in [3.05, 3.63) is 84.9 Å². The zero-order valence-electron chi connectivity index (χ0n) is 24.8. The van der Waals surface area contributed by atoms with E-state index in [1.54, 1.807) is 48.5 Å². The van der Waals surface area contributed by atoms with Crippen LogP contribution in [-0.4, -0.2) is 39.2 Å². The molecular weight excluding hydrogens is 663 g/mol. The van der Waals surface area contributed by atoms with E-state index in [-0.39, 0.29) is 80.3 Å². The molecule has 0 amide bonds. The topological polar surface area (TPSA) is 182 Å². The number of benzene rings is 4. The van der Waals surface area contributed by atoms with Crippen LogP contribution in [0.3, 0.4) is 0 Å². The van der Waals surface area contributed by atoms with Crippen LogP contribution in [0.15, 0.2) is 125 Å². The quantitative estimate of drug-likeness (QED) is 0.120. The number of ether oxygens (including phenoxy) is 2. The predicted octanol–water partition coefficient (Wildman–Crippen LogP) is 1.28. The summed E-state index contributed by atoms with van der Waals surface area (Å²) >= 11 is 0.623. The van der Waals surface area contributed by atoms with Gasteiger partial charge in [0.2, 0.25) is 0 Å². The summed E-state index contributed by atoms with van der Waals surface area (Å²) in [7, 11) is -10.1. The molecule has 0 saturated carbocycles. The van der Waals surface area contributed by atoms with Crippen molar-refractivity contribution in [1.29, 1.82) is 0 Å². The maximum Gasteiger partial charge on any atom is 1.00 e. The summed E-state index contributed by atoms with van der Waals surface area (Å²) in [5.74, 6) is 1.29. The Kier molecular flexibility index (Phi) is 15.3. The maximum atomic E-state index is 12.1. The molecule has 0 saturated heterocycles. The average Bonchev–Trinajstić information content (AvgIpc) is 2.97. The molecular formula is C28H24N4Na2O8S3. The van der Waals surface area contributed by atoms with Gasteiger partial charge in [-0.1, -0.05) is 11.8 Å². The monoisotopic (exact) mass is 686 g/mol. The van der Waals surface area contributed by atoms with Crippen LogP contribution in [0, 0.1) is 0 Å². The SMILES string of the molecule is CCOc1ccc(N=Nc2ccc(Sc3ccc(N=Nc4ccc(OCC)cc4)cc3S(=O)(=O)[O-])c(S(=O)(=O)[O-])c2)cc1.[Na+].[Na+]. The van der Waals surface area contributed by atoms with Crippen LogP contribution in [0.2, 0.25) is 0 Å². The van der Waals surface area contributed by atoms with Crippen molar-refractivity contribution in [3.63, 3.8) is 0 Å². The first-order chi connectivity index (χ1) is 20.5. The summed E-state index contributed by atoms with van der Waals surface area (Å²) in [5.41, 5.74) is 1.04. The minimum Gasteiger partial charge on any atom is -0.744 e. The number of azo groups is 2. The van der Waals surface area contributed by atoms with Crippen LogP contribution in [0.1, 0.15) is 13.8 Å². The van der Waals surface area contributed by atoms with Gasteiger partial charge in [-0.2, -0.15) is 20.5 Å². The van der Waals surface area contributed by atoms with E-state index in [2.05, 4.69) is 20.5 Å². The van der Waals surface area contributed by atoms with Crippen LogP contribution >= 0.6 is 11.8 Å². The summed E-state index contributed by atoms with van der Waals surface area (Å²) in [4.78, 5) is -1.53. The first-order valence-corrected chi connectivity index (χ1v) is 16.3. The van der Waals surface area contributed by atoms with Crippen molar-refractivity contribution >= 4 is 54.7 Å². The molecule has 45 heavy (non-hydrogen) atoms. The third-order valence-corrected chi connectivity index (χ3v) is 8.63. The molecule has 0 fully saturated rings. The Balaban J connectivity index is 0.00000353. The smallest absolute Gasteiger partial charge is 0.744 e. The van der Waals surface area contributed by atoms with Gasteiger partial charge in [-0.25, -0.2) is 16.8 Å². The van der Waals surface area contributed by atoms with Gasteiger partial charge in [0, 0.05) is 9.79 Å². The van der Waals surface area contributed by atoms with Crippen LogP contribution in [-0.2, 0) is 20.2 Å². The number of rotatable bonds is 12. The van der Waals surface area contributed by atoms with Gasteiger partial charge in [0.05, 0.1) is 45.8 Å². The fourth-order valence-electron chi connectivity index (χ4n) is 3.58. The predicted molar refractivity (Wildman–Crippen MR) is 157 cm³/mol. The van der Waals surface area contributed by atoms with Crippen molar-refractivity contribution in [2.45, 2.75) is 33.4 Å². The maximum absolute atomic E-state index is 12.1. The van der Waals surface area contributed by atoms with Crippen molar-refractivity contribution < 1.29 is 94.5 Å². The van der Waals surface area contributed by atoms with E-state index < -0.39 is 30.0 Å². The van der Waals surface area contributed by atoms with E-state index in [9.17, 15) is 25.9 Å². The van der Waals surface area contributed by atoms with Gasteiger partial charge in [-0.15, -0.1) is 0 Å². The molecule has 0 bridgehead atoms. The van der Waals surface area contributed by atoms with Gasteiger partial charge in [0.25, 0.3) is 0 Å². The molecule has 4 rings (SSSR count). The van der Waals surface area contributed by atoms with Crippen molar-refractivity contribution in [2.24, 2.45) is 20.5 Å². The molecule has 0 aliphatic carbocycles. The van der Waals surface area contributed by atoms with E-state index in [1.165, 1.54) is 24.3 Å². The second-order valence-electron chi connectivity index (χ2n) is 8.53. The van der Waals surface area contributed by atoms with Gasteiger partial charge in [0.1, 0.15) is 31.7 Å². The summed E-state index contributed by atoms with van der Waals surface area (Å²) in [5, 5.41) is 16.1. The average molecular weight is 687 g/mol. The van der Waals surface area contributed by atoms with Crippen LogP contribution < -0.4 is 68.6 Å². The van der Waals surface area contributed by atoms with E-state index in [1.807, 2.05) is 13.8 Å². The molecule has 4 aromatic rings. The van der Waals surface area contributed by atoms with Crippen molar-refractivity contribution in [2.75, 3.05) is 13.2 Å². The number of hydrogen-bond donors (Lipinski definition) is 0. The summed E-state index contributed by atoms with van der Waals surface area (Å²) in [6.07, 6.45) is 0. The zero-order valence-corrected chi connectivity index (χ0v) is 31.2. The Morgan fingerprint density at radius 3 is 1.18 bits per heavy atom. The summed E-state index contributed by atoms with van der Waals surface area (Å²) in [6, 6.07) is 20.8. The molecule has 0 radical (unpaired) electrons. The summed E-state index contributed by atoms with van der Waals surface area (Å²) < 4.78 is 83.4. The van der Waals surface area contributed by atoms with Crippen molar-refractivity contribution in [1.82, 2.24) is 0 Å². The van der Waals surface area contributed by atoms with Crippen molar-refractivity contribution in [3.8, 4) is 11.5 Å². The molecule has 0 aliphatic rings. The molecule has 0 atom stereocenters. The largest absolute Gasteiger partial charge is 1.00 e. The Labute approximate surface area is 309 Å². The van der Waals surface area contributed by atoms with Crippen LogP contribution in [0.25, 0.3) is 0 Å². The van der Waals surface area contributed by atoms with E-state index in [0.29, 0.717) is 47.8 Å². The molecule has 0 unspecified atom stereocenters. The van der Waals surface area contributed by atoms with Crippen LogP contribution in [0.4, 0.5) is 22.7 Å². The molecule has 4 aromatic carbocycles. The van der Waals surface area contributed by atoms with Gasteiger partial charge in [0.15, 0.2) is 0 Å². The van der Waals surface area contributed by atoms with Crippen LogP contribution in [0.5, 0.6) is 11.5 Å². The molecule has 12 nitrogen and oxygen atoms in total. The van der Waals surface area contributed by atoms with Gasteiger partial charge in [-0.05, 0) is 98.8 Å². The van der Waals surface area contributed by atoms with E-state index in [0.717, 1.165) is 12.1 Å². The molecule has 0 aliphatic heterocycles. The number of hydrogen-bond acceptors (Lipinski definition) is 13. The third-order valence-electron chi connectivity index (χ3n) is 5.47. The Hall–Kier alpha value is -2.15. The minimum atomic E-state index is -5.03. The Morgan fingerprint density at radius 1 is 0.556 bits per heavy atom. The molecule has 224 valence electrons. The fourth-order valence-corrected chi connectivity index (χ4v) is 6.43. The second kappa shape index (κ2) is 17.7. The zero-order chi connectivity index (χ0) is 31.0. The number of nitrogens with zero attached hydrogens (tertiary/aromatic N) is 4. The normalized spacial score (nSPS) is 11.6. The Bertz CT molecular complexity index is 1740. The van der Waals surface area contributed by atoms with E-state index >= 15 is 0 Å². The summed E-state index contributed by atoms with van der Waals surface area (Å²) in [6.45, 7) is 4.70. The van der Waals surface area contributed by atoms with Gasteiger partial charge >= 0.3 is 59.1 Å². The first kappa shape index (κ1) is 39.0. The van der Waals surface area contributed by atoms with E-state index in [4.69, 9.17) is 9.47 Å². The first-order valence-electron chi connectivity index (χ1n) is 12.6. The molecule has 17 heteroatoms. The molecule has 0 aromatic heterocycles. The Morgan fingerprint density at radius 2 is 0.867 bits per heavy atom. The molecule has 0 N–H and O–H groups in total. The molecule has 0 heterocycles. The van der Waals surface area contributed by atoms with Gasteiger partial charge < -0.3 is 18.6 Å². The standard InChI is InChI=1S/C28H26N4O8S3.2Na/c1-3-39-23-11-5-19(6-12-23)29-31-21-9-15-25(27(17-21)42(33,34)35)41-26-16-10-22(18-28(26)43(36,37)38)32-30-20-7-13-24(14-8-20)40-4-2;;/h5-18H,3-4H2,1-2H3,(H,33,34,35)(H,36,37,38);;/q;2*+1/p-2. The molecule has 0 spiro atoms. The van der Waals surface area contributed by atoms with Gasteiger partial charge in [-0.3, -0.25) is 0 Å². The third kappa shape index (κ3) is 11.6.